The van der Waals surface area contributed by atoms with Crippen molar-refractivity contribution < 1.29 is 8.95 Å². The quantitative estimate of drug-likeness (QED) is 0.844. The smallest absolute Gasteiger partial charge is 0.219 e. The molecule has 0 aliphatic heterocycles. The predicted molar refractivity (Wildman–Crippen MR) is 77.7 cm³/mol. The summed E-state index contributed by atoms with van der Waals surface area (Å²) < 4.78 is 17.1. The molecule has 0 aliphatic carbocycles. The lowest BCUT2D eigenvalue weighted by molar-refractivity contribution is 0.462. The summed E-state index contributed by atoms with van der Waals surface area (Å²) in [6, 6.07) is 8.38. The molecule has 0 fully saturated rings. The fraction of sp³-hybridized carbons (Fsp3) is 0.154. The number of rotatable bonds is 4. The minimum Gasteiger partial charge on any atom is -0.439 e. The van der Waals surface area contributed by atoms with Crippen molar-refractivity contribution in [1.29, 1.82) is 0 Å². The van der Waals surface area contributed by atoms with Gasteiger partial charge in [-0.25, -0.2) is 4.98 Å². The van der Waals surface area contributed by atoms with Crippen LogP contribution in [0.5, 0.6) is 11.6 Å². The molecular weight excluding hydrogens is 305 g/mol. The van der Waals surface area contributed by atoms with E-state index in [4.69, 9.17) is 27.9 Å². The second-order valence-electron chi connectivity index (χ2n) is 3.64. The summed E-state index contributed by atoms with van der Waals surface area (Å²) in [5, 5.41) is 0.888. The molecule has 0 amide bonds. The van der Waals surface area contributed by atoms with Gasteiger partial charge in [0.05, 0.1) is 25.7 Å². The molecule has 2 rings (SSSR count). The van der Waals surface area contributed by atoms with Crippen LogP contribution in [0.15, 0.2) is 41.4 Å². The van der Waals surface area contributed by atoms with Crippen molar-refractivity contribution >= 4 is 34.0 Å². The van der Waals surface area contributed by atoms with E-state index in [1.165, 1.54) is 0 Å². The van der Waals surface area contributed by atoms with Gasteiger partial charge < -0.3 is 4.74 Å². The third kappa shape index (κ3) is 3.69. The SMILES string of the molecule is CCS(=O)c1ccc(Oc2ccc(Cl)c(Cl)c2)nc1. The van der Waals surface area contributed by atoms with E-state index < -0.39 is 10.8 Å². The van der Waals surface area contributed by atoms with E-state index in [9.17, 15) is 4.21 Å². The number of ether oxygens (including phenoxy) is 1. The van der Waals surface area contributed by atoms with E-state index in [1.807, 2.05) is 6.92 Å². The normalized spacial score (nSPS) is 12.2. The Hall–Kier alpha value is -1.10. The van der Waals surface area contributed by atoms with Gasteiger partial charge in [-0.05, 0) is 18.2 Å². The van der Waals surface area contributed by atoms with Gasteiger partial charge in [0.1, 0.15) is 5.75 Å². The minimum atomic E-state index is -1.01. The first kappa shape index (κ1) is 14.3. The standard InChI is InChI=1S/C13H11Cl2NO2S/c1-2-19(17)10-4-6-13(16-8-10)18-9-3-5-11(14)12(15)7-9/h3-8H,2H2,1H3. The highest BCUT2D eigenvalue weighted by molar-refractivity contribution is 7.85. The predicted octanol–water partition coefficient (Wildman–Crippen LogP) is 4.31. The third-order valence-electron chi connectivity index (χ3n) is 2.35. The van der Waals surface area contributed by atoms with E-state index in [0.717, 1.165) is 0 Å². The van der Waals surface area contributed by atoms with Crippen LogP contribution < -0.4 is 4.74 Å². The molecule has 1 aromatic heterocycles. The Morgan fingerprint density at radius 2 is 2.00 bits per heavy atom. The molecule has 0 saturated carbocycles. The number of aromatic nitrogens is 1. The lowest BCUT2D eigenvalue weighted by Crippen LogP contribution is -1.95. The van der Waals surface area contributed by atoms with Gasteiger partial charge in [0.25, 0.3) is 0 Å². The molecule has 0 saturated heterocycles. The highest BCUT2D eigenvalue weighted by Crippen LogP contribution is 2.28. The van der Waals surface area contributed by atoms with Crippen LogP contribution in [0.25, 0.3) is 0 Å². The van der Waals surface area contributed by atoms with E-state index in [-0.39, 0.29) is 0 Å². The Morgan fingerprint density at radius 1 is 1.21 bits per heavy atom. The Bertz CT molecular complexity index is 602. The molecule has 19 heavy (non-hydrogen) atoms. The van der Waals surface area contributed by atoms with E-state index in [1.54, 1.807) is 36.5 Å². The average Bonchev–Trinajstić information content (AvgIpc) is 2.43. The number of benzene rings is 1. The molecule has 6 heteroatoms. The Kier molecular flexibility index (Phi) is 4.80. The van der Waals surface area contributed by atoms with Gasteiger partial charge in [-0.15, -0.1) is 0 Å². The largest absolute Gasteiger partial charge is 0.439 e. The van der Waals surface area contributed by atoms with Gasteiger partial charge in [-0.2, -0.15) is 0 Å². The fourth-order valence-electron chi connectivity index (χ4n) is 1.39. The highest BCUT2D eigenvalue weighted by atomic mass is 35.5. The van der Waals surface area contributed by atoms with Gasteiger partial charge in [-0.3, -0.25) is 4.21 Å². The van der Waals surface area contributed by atoms with Gasteiger partial charge in [0.2, 0.25) is 5.88 Å². The third-order valence-corrected chi connectivity index (χ3v) is 4.38. The number of halogens is 2. The zero-order valence-electron chi connectivity index (χ0n) is 10.1. The van der Waals surface area contributed by atoms with Crippen LogP contribution in [-0.2, 0) is 10.8 Å². The van der Waals surface area contributed by atoms with Crippen molar-refractivity contribution in [2.75, 3.05) is 5.75 Å². The Morgan fingerprint density at radius 3 is 2.58 bits per heavy atom. The molecule has 1 atom stereocenters. The molecule has 0 bridgehead atoms. The van der Waals surface area contributed by atoms with Crippen LogP contribution in [0.2, 0.25) is 10.0 Å². The second-order valence-corrected chi connectivity index (χ2v) is 6.20. The van der Waals surface area contributed by atoms with Crippen LogP contribution in [0, 0.1) is 0 Å². The molecule has 0 spiro atoms. The zero-order chi connectivity index (χ0) is 13.8. The average molecular weight is 316 g/mol. The molecule has 3 nitrogen and oxygen atoms in total. The summed E-state index contributed by atoms with van der Waals surface area (Å²) in [5.74, 6) is 1.52. The molecule has 100 valence electrons. The lowest BCUT2D eigenvalue weighted by Gasteiger charge is -2.06. The van der Waals surface area contributed by atoms with Crippen molar-refractivity contribution in [3.05, 3.63) is 46.6 Å². The van der Waals surface area contributed by atoms with Crippen molar-refractivity contribution in [2.24, 2.45) is 0 Å². The van der Waals surface area contributed by atoms with Crippen LogP contribution in [0.3, 0.4) is 0 Å². The van der Waals surface area contributed by atoms with Crippen LogP contribution >= 0.6 is 23.2 Å². The van der Waals surface area contributed by atoms with Crippen LogP contribution in [0.1, 0.15) is 6.92 Å². The number of hydrogen-bond donors (Lipinski definition) is 0. The molecule has 0 N–H and O–H groups in total. The first-order valence-corrected chi connectivity index (χ1v) is 7.65. The maximum absolute atomic E-state index is 11.6. The van der Waals surface area contributed by atoms with Crippen LogP contribution in [0.4, 0.5) is 0 Å². The lowest BCUT2D eigenvalue weighted by atomic mass is 10.3. The van der Waals surface area contributed by atoms with Crippen molar-refractivity contribution in [3.63, 3.8) is 0 Å². The second kappa shape index (κ2) is 6.37. The summed E-state index contributed by atoms with van der Waals surface area (Å²) in [6.07, 6.45) is 1.55. The molecule has 2 aromatic rings. The first-order valence-electron chi connectivity index (χ1n) is 5.57. The minimum absolute atomic E-state index is 0.412. The molecule has 0 aliphatic rings. The number of pyridine rings is 1. The van der Waals surface area contributed by atoms with Gasteiger partial charge >= 0.3 is 0 Å². The van der Waals surface area contributed by atoms with E-state index >= 15 is 0 Å². The monoisotopic (exact) mass is 315 g/mol. The summed E-state index contributed by atoms with van der Waals surface area (Å²) in [6.45, 7) is 1.86. The summed E-state index contributed by atoms with van der Waals surface area (Å²) in [4.78, 5) is 4.79. The Balaban J connectivity index is 2.15. The number of nitrogens with zero attached hydrogens (tertiary/aromatic N) is 1. The Labute approximate surface area is 124 Å². The molecule has 1 heterocycles. The molecular formula is C13H11Cl2NO2S. The molecule has 0 radical (unpaired) electrons. The maximum atomic E-state index is 11.6. The first-order chi connectivity index (χ1) is 9.10. The van der Waals surface area contributed by atoms with E-state index in [0.29, 0.717) is 32.3 Å². The van der Waals surface area contributed by atoms with Gasteiger partial charge in [0.15, 0.2) is 0 Å². The van der Waals surface area contributed by atoms with Crippen molar-refractivity contribution in [1.82, 2.24) is 4.98 Å². The topological polar surface area (TPSA) is 39.2 Å². The summed E-state index contributed by atoms with van der Waals surface area (Å²) in [7, 11) is -1.01. The summed E-state index contributed by atoms with van der Waals surface area (Å²) in [5.41, 5.74) is 0. The number of hydrogen-bond acceptors (Lipinski definition) is 3. The van der Waals surface area contributed by atoms with Gasteiger partial charge in [0, 0.05) is 24.1 Å². The molecule has 1 unspecified atom stereocenters. The van der Waals surface area contributed by atoms with Crippen LogP contribution in [-0.4, -0.2) is 14.9 Å². The zero-order valence-corrected chi connectivity index (χ0v) is 12.4. The fourth-order valence-corrected chi connectivity index (χ4v) is 2.40. The molecule has 1 aromatic carbocycles. The summed E-state index contributed by atoms with van der Waals surface area (Å²) >= 11 is 11.7. The van der Waals surface area contributed by atoms with Crippen molar-refractivity contribution in [3.8, 4) is 11.6 Å². The van der Waals surface area contributed by atoms with Crippen molar-refractivity contribution in [2.45, 2.75) is 11.8 Å². The maximum Gasteiger partial charge on any atom is 0.219 e. The van der Waals surface area contributed by atoms with Gasteiger partial charge in [-0.1, -0.05) is 30.1 Å². The highest BCUT2D eigenvalue weighted by Gasteiger charge is 2.05. The van der Waals surface area contributed by atoms with E-state index in [2.05, 4.69) is 4.98 Å².